The van der Waals surface area contributed by atoms with Gasteiger partial charge in [0.1, 0.15) is 0 Å². The highest BCUT2D eigenvalue weighted by molar-refractivity contribution is 7.16. The highest BCUT2D eigenvalue weighted by atomic mass is 32.1. The topological polar surface area (TPSA) is 63.3 Å². The average Bonchev–Trinajstić information content (AvgIpc) is 3.17. The second-order valence-electron chi connectivity index (χ2n) is 5.03. The Morgan fingerprint density at radius 1 is 1.22 bits per heavy atom. The summed E-state index contributed by atoms with van der Waals surface area (Å²) in [5.41, 5.74) is 7.92. The van der Waals surface area contributed by atoms with Crippen LogP contribution in [0.25, 0.3) is 10.6 Å². The van der Waals surface area contributed by atoms with Gasteiger partial charge in [0, 0.05) is 28.9 Å². The number of hydrogen-bond donors (Lipinski definition) is 2. The Hall–Kier alpha value is -2.18. The molecule has 0 amide bonds. The summed E-state index contributed by atoms with van der Waals surface area (Å²) in [5, 5.41) is 6.28. The number of aryl methyl sites for hydroxylation is 1. The molecule has 0 atom stereocenters. The number of anilines is 1. The lowest BCUT2D eigenvalue weighted by molar-refractivity contribution is 0.983. The molecule has 6 heteroatoms. The Morgan fingerprint density at radius 3 is 2.78 bits per heavy atom. The van der Waals surface area contributed by atoms with Crippen LogP contribution in [0, 0.1) is 6.92 Å². The number of hydrogen-bond acceptors (Lipinski definition) is 4. The molecule has 4 nitrogen and oxygen atoms in total. The quantitative estimate of drug-likeness (QED) is 0.541. The first-order chi connectivity index (χ1) is 11.2. The molecule has 23 heavy (non-hydrogen) atoms. The van der Waals surface area contributed by atoms with Crippen LogP contribution in [0.15, 0.2) is 52.8 Å². The van der Waals surface area contributed by atoms with Crippen molar-refractivity contribution in [2.24, 2.45) is 10.7 Å². The fourth-order valence-corrected chi connectivity index (χ4v) is 3.77. The number of rotatable bonds is 5. The lowest BCUT2D eigenvalue weighted by Gasteiger charge is -2.04. The third-order valence-corrected chi connectivity index (χ3v) is 5.16. The molecule has 0 spiro atoms. The molecule has 0 aliphatic carbocycles. The maximum atomic E-state index is 5.90. The van der Waals surface area contributed by atoms with Crippen molar-refractivity contribution in [2.45, 2.75) is 13.3 Å². The largest absolute Gasteiger partial charge is 0.370 e. The summed E-state index contributed by atoms with van der Waals surface area (Å²) < 4.78 is 0. The molecule has 3 N–H and O–H groups in total. The zero-order valence-electron chi connectivity index (χ0n) is 12.8. The summed E-state index contributed by atoms with van der Waals surface area (Å²) in [5.74, 6) is 0.447. The predicted octanol–water partition coefficient (Wildman–Crippen LogP) is 4.15. The molecule has 0 fully saturated rings. The van der Waals surface area contributed by atoms with Crippen molar-refractivity contribution in [3.8, 4) is 10.6 Å². The van der Waals surface area contributed by atoms with E-state index in [1.54, 1.807) is 22.7 Å². The van der Waals surface area contributed by atoms with E-state index in [2.05, 4.69) is 32.8 Å². The Labute approximate surface area is 143 Å². The molecule has 0 unspecified atom stereocenters. The van der Waals surface area contributed by atoms with Crippen LogP contribution in [0.5, 0.6) is 0 Å². The third kappa shape index (κ3) is 4.40. The predicted molar refractivity (Wildman–Crippen MR) is 100 cm³/mol. The van der Waals surface area contributed by atoms with E-state index in [9.17, 15) is 0 Å². The molecule has 0 radical (unpaired) electrons. The van der Waals surface area contributed by atoms with Gasteiger partial charge in [-0.1, -0.05) is 18.2 Å². The second kappa shape index (κ2) is 7.39. The SMILES string of the molecule is Cc1nc(-c2ccc(CCN=C(N)Nc3ccccc3)s2)cs1. The Morgan fingerprint density at radius 2 is 2.04 bits per heavy atom. The van der Waals surface area contributed by atoms with E-state index in [1.165, 1.54) is 9.75 Å². The number of nitrogens with one attached hydrogen (secondary N) is 1. The van der Waals surface area contributed by atoms with Crippen molar-refractivity contribution in [1.29, 1.82) is 0 Å². The molecule has 3 aromatic rings. The van der Waals surface area contributed by atoms with Crippen LogP contribution in [0.4, 0.5) is 5.69 Å². The van der Waals surface area contributed by atoms with Gasteiger partial charge in [0.15, 0.2) is 5.96 Å². The lowest BCUT2D eigenvalue weighted by Crippen LogP contribution is -2.22. The maximum absolute atomic E-state index is 5.90. The van der Waals surface area contributed by atoms with Crippen LogP contribution in [-0.4, -0.2) is 17.5 Å². The summed E-state index contributed by atoms with van der Waals surface area (Å²) in [7, 11) is 0. The molecule has 0 aliphatic heterocycles. The minimum absolute atomic E-state index is 0.447. The van der Waals surface area contributed by atoms with Gasteiger partial charge in [0.05, 0.1) is 15.6 Å². The fraction of sp³-hybridized carbons (Fsp3) is 0.176. The molecule has 2 aromatic heterocycles. The number of aliphatic imine (C=N–C) groups is 1. The summed E-state index contributed by atoms with van der Waals surface area (Å²) in [6.07, 6.45) is 0.880. The summed E-state index contributed by atoms with van der Waals surface area (Å²) in [4.78, 5) is 11.4. The van der Waals surface area contributed by atoms with Gasteiger partial charge in [-0.15, -0.1) is 22.7 Å². The van der Waals surface area contributed by atoms with Gasteiger partial charge in [-0.3, -0.25) is 4.99 Å². The van der Waals surface area contributed by atoms with Gasteiger partial charge in [0.25, 0.3) is 0 Å². The smallest absolute Gasteiger partial charge is 0.193 e. The Balaban J connectivity index is 1.54. The molecule has 3 rings (SSSR count). The molecule has 2 heterocycles. The molecule has 1 aromatic carbocycles. The standard InChI is InChI=1S/C17H18N4S2/c1-12-20-15(11-22-12)16-8-7-14(23-16)9-10-19-17(18)21-13-5-3-2-4-6-13/h2-8,11H,9-10H2,1H3,(H3,18,19,21). The molecule has 118 valence electrons. The molecule has 0 aliphatic rings. The van der Waals surface area contributed by atoms with Crippen LogP contribution in [0.2, 0.25) is 0 Å². The summed E-state index contributed by atoms with van der Waals surface area (Å²) in [6.45, 7) is 2.70. The average molecular weight is 342 g/mol. The normalized spacial score (nSPS) is 11.6. The van der Waals surface area contributed by atoms with E-state index in [0.29, 0.717) is 12.5 Å². The number of benzene rings is 1. The monoisotopic (exact) mass is 342 g/mol. The third-order valence-electron chi connectivity index (χ3n) is 3.22. The Bertz CT molecular complexity index is 790. The van der Waals surface area contributed by atoms with Crippen LogP contribution in [0.1, 0.15) is 9.88 Å². The van der Waals surface area contributed by atoms with Gasteiger partial charge in [-0.05, 0) is 31.2 Å². The van der Waals surface area contributed by atoms with Crippen molar-refractivity contribution < 1.29 is 0 Å². The van der Waals surface area contributed by atoms with E-state index >= 15 is 0 Å². The first-order valence-corrected chi connectivity index (χ1v) is 9.03. The van der Waals surface area contributed by atoms with Crippen LogP contribution in [0.3, 0.4) is 0 Å². The summed E-state index contributed by atoms with van der Waals surface area (Å²) >= 11 is 3.45. The summed E-state index contributed by atoms with van der Waals surface area (Å²) in [6, 6.07) is 14.1. The second-order valence-corrected chi connectivity index (χ2v) is 7.26. The highest BCUT2D eigenvalue weighted by Gasteiger charge is 2.06. The van der Waals surface area contributed by atoms with E-state index in [0.717, 1.165) is 22.8 Å². The number of nitrogens with zero attached hydrogens (tertiary/aromatic N) is 2. The zero-order chi connectivity index (χ0) is 16.1. The van der Waals surface area contributed by atoms with Gasteiger partial charge >= 0.3 is 0 Å². The van der Waals surface area contributed by atoms with Crippen molar-refractivity contribution in [3.63, 3.8) is 0 Å². The van der Waals surface area contributed by atoms with E-state index in [1.807, 2.05) is 37.3 Å². The first kappa shape index (κ1) is 15.7. The number of guanidine groups is 1. The lowest BCUT2D eigenvalue weighted by atomic mass is 10.3. The maximum Gasteiger partial charge on any atom is 0.193 e. The number of para-hydroxylation sites is 1. The number of aromatic nitrogens is 1. The van der Waals surface area contributed by atoms with Crippen molar-refractivity contribution in [2.75, 3.05) is 11.9 Å². The molecule has 0 bridgehead atoms. The van der Waals surface area contributed by atoms with Gasteiger partial charge in [0.2, 0.25) is 0 Å². The van der Waals surface area contributed by atoms with Crippen LogP contribution >= 0.6 is 22.7 Å². The zero-order valence-corrected chi connectivity index (χ0v) is 14.5. The molecular weight excluding hydrogens is 324 g/mol. The minimum atomic E-state index is 0.447. The van der Waals surface area contributed by atoms with Crippen LogP contribution in [-0.2, 0) is 6.42 Å². The molecule has 0 saturated carbocycles. The van der Waals surface area contributed by atoms with Crippen molar-refractivity contribution in [1.82, 2.24) is 4.98 Å². The minimum Gasteiger partial charge on any atom is -0.370 e. The molecule has 0 saturated heterocycles. The number of thiophene rings is 1. The number of nitrogens with two attached hydrogens (primary N) is 1. The highest BCUT2D eigenvalue weighted by Crippen LogP contribution is 2.29. The van der Waals surface area contributed by atoms with E-state index < -0.39 is 0 Å². The fourth-order valence-electron chi connectivity index (χ4n) is 2.12. The number of thiazole rings is 1. The van der Waals surface area contributed by atoms with Crippen molar-refractivity contribution in [3.05, 3.63) is 57.7 Å². The van der Waals surface area contributed by atoms with Gasteiger partial charge in [-0.25, -0.2) is 4.98 Å². The Kier molecular flexibility index (Phi) is 5.05. The van der Waals surface area contributed by atoms with Gasteiger partial charge < -0.3 is 11.1 Å². The van der Waals surface area contributed by atoms with E-state index in [4.69, 9.17) is 5.73 Å². The van der Waals surface area contributed by atoms with Gasteiger partial charge in [-0.2, -0.15) is 0 Å². The van der Waals surface area contributed by atoms with E-state index in [-0.39, 0.29) is 0 Å². The first-order valence-electron chi connectivity index (χ1n) is 7.34. The molecular formula is C17H18N4S2. The van der Waals surface area contributed by atoms with Crippen molar-refractivity contribution >= 4 is 34.3 Å². The van der Waals surface area contributed by atoms with Crippen LogP contribution < -0.4 is 11.1 Å².